The molecule has 0 unspecified atom stereocenters. The van der Waals surface area contributed by atoms with E-state index >= 15 is 0 Å². The van der Waals surface area contributed by atoms with Crippen LogP contribution in [-0.2, 0) is 0 Å². The highest BCUT2D eigenvalue weighted by Crippen LogP contribution is 2.27. The van der Waals surface area contributed by atoms with E-state index in [-0.39, 0.29) is 0 Å². The quantitative estimate of drug-likeness (QED) is 0.678. The van der Waals surface area contributed by atoms with Crippen LogP contribution in [0, 0.1) is 6.92 Å². The highest BCUT2D eigenvalue weighted by Gasteiger charge is 2.06. The second-order valence-electron chi connectivity index (χ2n) is 4.57. The first-order valence-electron chi connectivity index (χ1n) is 6.29. The number of pyridine rings is 1. The van der Waals surface area contributed by atoms with Gasteiger partial charge < -0.3 is 4.74 Å². The van der Waals surface area contributed by atoms with Gasteiger partial charge in [0.25, 0.3) is 0 Å². The molecule has 0 saturated carbocycles. The van der Waals surface area contributed by atoms with E-state index in [4.69, 9.17) is 9.72 Å². The summed E-state index contributed by atoms with van der Waals surface area (Å²) in [7, 11) is 1.68. The zero-order valence-corrected chi connectivity index (χ0v) is 11.1. The molecular weight excluding hydrogens is 234 g/mol. The van der Waals surface area contributed by atoms with Crippen molar-refractivity contribution in [3.63, 3.8) is 0 Å². The molecular formula is C17H15NO. The molecule has 0 fully saturated rings. The number of fused-ring (bicyclic) bond motifs is 1. The maximum absolute atomic E-state index is 5.29. The lowest BCUT2D eigenvalue weighted by atomic mass is 10.0. The Morgan fingerprint density at radius 2 is 1.79 bits per heavy atom. The van der Waals surface area contributed by atoms with Gasteiger partial charge in [-0.25, -0.2) is 4.98 Å². The third-order valence-electron chi connectivity index (χ3n) is 3.32. The average Bonchev–Trinajstić information content (AvgIpc) is 2.47. The number of nitrogens with zero attached hydrogens (tertiary/aromatic N) is 1. The van der Waals surface area contributed by atoms with E-state index in [0.717, 1.165) is 27.9 Å². The van der Waals surface area contributed by atoms with Crippen LogP contribution in [0.4, 0.5) is 0 Å². The minimum atomic E-state index is 0.857. The van der Waals surface area contributed by atoms with Crippen LogP contribution in [0.2, 0.25) is 0 Å². The molecule has 19 heavy (non-hydrogen) atoms. The van der Waals surface area contributed by atoms with Gasteiger partial charge in [-0.05, 0) is 36.8 Å². The molecule has 0 radical (unpaired) electrons. The van der Waals surface area contributed by atoms with Crippen LogP contribution < -0.4 is 4.74 Å². The van der Waals surface area contributed by atoms with Gasteiger partial charge in [-0.1, -0.05) is 30.3 Å². The molecule has 1 aromatic heterocycles. The summed E-state index contributed by atoms with van der Waals surface area (Å²) in [5.41, 5.74) is 4.31. The highest BCUT2D eigenvalue weighted by molar-refractivity contribution is 5.82. The minimum absolute atomic E-state index is 0.857. The molecule has 94 valence electrons. The van der Waals surface area contributed by atoms with Gasteiger partial charge in [-0.2, -0.15) is 0 Å². The zero-order valence-electron chi connectivity index (χ0n) is 11.1. The Morgan fingerprint density at radius 1 is 0.947 bits per heavy atom. The van der Waals surface area contributed by atoms with E-state index in [2.05, 4.69) is 31.2 Å². The minimum Gasteiger partial charge on any atom is -0.497 e. The molecule has 0 amide bonds. The Hall–Kier alpha value is -2.35. The summed E-state index contributed by atoms with van der Waals surface area (Å²) in [4.78, 5) is 4.73. The summed E-state index contributed by atoms with van der Waals surface area (Å²) in [6.45, 7) is 2.09. The van der Waals surface area contributed by atoms with Gasteiger partial charge >= 0.3 is 0 Å². The van der Waals surface area contributed by atoms with Gasteiger partial charge in [0.15, 0.2) is 0 Å². The Bertz CT molecular complexity index is 734. The molecule has 1 heterocycles. The SMILES string of the molecule is COc1ccc(C)c(-c2ccc3ccccc3n2)c1. The predicted octanol–water partition coefficient (Wildman–Crippen LogP) is 4.22. The smallest absolute Gasteiger partial charge is 0.119 e. The standard InChI is InChI=1S/C17H15NO/c1-12-7-9-14(19-2)11-15(12)17-10-8-13-5-3-4-6-16(13)18-17/h3-11H,1-2H3. The molecule has 0 bridgehead atoms. The third-order valence-corrected chi connectivity index (χ3v) is 3.32. The molecule has 0 aliphatic rings. The largest absolute Gasteiger partial charge is 0.497 e. The lowest BCUT2D eigenvalue weighted by molar-refractivity contribution is 0.415. The monoisotopic (exact) mass is 249 g/mol. The van der Waals surface area contributed by atoms with Crippen molar-refractivity contribution in [2.24, 2.45) is 0 Å². The van der Waals surface area contributed by atoms with Crippen LogP contribution in [0.15, 0.2) is 54.6 Å². The molecule has 0 aliphatic heterocycles. The first-order chi connectivity index (χ1) is 9.28. The predicted molar refractivity (Wildman–Crippen MR) is 78.5 cm³/mol. The summed E-state index contributed by atoms with van der Waals surface area (Å²) in [6.07, 6.45) is 0. The second-order valence-corrected chi connectivity index (χ2v) is 4.57. The topological polar surface area (TPSA) is 22.1 Å². The Labute approximate surface area is 112 Å². The number of hydrogen-bond acceptors (Lipinski definition) is 2. The number of rotatable bonds is 2. The number of para-hydroxylation sites is 1. The molecule has 2 nitrogen and oxygen atoms in total. The lowest BCUT2D eigenvalue weighted by Crippen LogP contribution is -1.90. The Morgan fingerprint density at radius 3 is 2.63 bits per heavy atom. The van der Waals surface area contributed by atoms with E-state index in [1.807, 2.05) is 30.3 Å². The molecule has 0 atom stereocenters. The van der Waals surface area contributed by atoms with Crippen molar-refractivity contribution in [3.05, 3.63) is 60.2 Å². The fourth-order valence-corrected chi connectivity index (χ4v) is 2.22. The van der Waals surface area contributed by atoms with Crippen molar-refractivity contribution in [2.45, 2.75) is 6.92 Å². The van der Waals surface area contributed by atoms with E-state index in [0.29, 0.717) is 0 Å². The maximum Gasteiger partial charge on any atom is 0.119 e. The van der Waals surface area contributed by atoms with E-state index < -0.39 is 0 Å². The van der Waals surface area contributed by atoms with Crippen molar-refractivity contribution >= 4 is 10.9 Å². The summed E-state index contributed by atoms with van der Waals surface area (Å²) in [6, 6.07) is 18.4. The van der Waals surface area contributed by atoms with E-state index in [1.165, 1.54) is 5.56 Å². The average molecular weight is 249 g/mol. The van der Waals surface area contributed by atoms with Crippen molar-refractivity contribution < 1.29 is 4.74 Å². The molecule has 0 spiro atoms. The third kappa shape index (κ3) is 2.17. The molecule has 0 aliphatic carbocycles. The summed E-state index contributed by atoms with van der Waals surface area (Å²) >= 11 is 0. The van der Waals surface area contributed by atoms with Crippen molar-refractivity contribution in [1.29, 1.82) is 0 Å². The van der Waals surface area contributed by atoms with Crippen molar-refractivity contribution in [2.75, 3.05) is 7.11 Å². The number of benzene rings is 2. The summed E-state index contributed by atoms with van der Waals surface area (Å²) < 4.78 is 5.29. The molecule has 3 rings (SSSR count). The van der Waals surface area contributed by atoms with Gasteiger partial charge in [-0.3, -0.25) is 0 Å². The second kappa shape index (κ2) is 4.73. The number of aryl methyl sites for hydroxylation is 1. The molecule has 3 aromatic rings. The number of aromatic nitrogens is 1. The normalized spacial score (nSPS) is 10.6. The van der Waals surface area contributed by atoms with Gasteiger partial charge in [0.2, 0.25) is 0 Å². The fraction of sp³-hybridized carbons (Fsp3) is 0.118. The molecule has 2 heteroatoms. The van der Waals surface area contributed by atoms with Crippen LogP contribution in [0.5, 0.6) is 5.75 Å². The molecule has 0 N–H and O–H groups in total. The van der Waals surface area contributed by atoms with Crippen LogP contribution in [0.1, 0.15) is 5.56 Å². The highest BCUT2D eigenvalue weighted by atomic mass is 16.5. The zero-order chi connectivity index (χ0) is 13.2. The first-order valence-corrected chi connectivity index (χ1v) is 6.29. The van der Waals surface area contributed by atoms with Gasteiger partial charge in [0, 0.05) is 10.9 Å². The lowest BCUT2D eigenvalue weighted by Gasteiger charge is -2.08. The first kappa shape index (κ1) is 11.7. The Balaban J connectivity index is 2.18. The van der Waals surface area contributed by atoms with E-state index in [9.17, 15) is 0 Å². The van der Waals surface area contributed by atoms with Gasteiger partial charge in [-0.15, -0.1) is 0 Å². The van der Waals surface area contributed by atoms with Crippen LogP contribution in [0.25, 0.3) is 22.2 Å². The van der Waals surface area contributed by atoms with Crippen molar-refractivity contribution in [1.82, 2.24) is 4.98 Å². The van der Waals surface area contributed by atoms with Gasteiger partial charge in [0.05, 0.1) is 18.3 Å². The van der Waals surface area contributed by atoms with Gasteiger partial charge in [0.1, 0.15) is 5.75 Å². The van der Waals surface area contributed by atoms with Crippen LogP contribution >= 0.6 is 0 Å². The fourth-order valence-electron chi connectivity index (χ4n) is 2.22. The number of ether oxygens (including phenoxy) is 1. The molecule has 0 saturated heterocycles. The summed E-state index contributed by atoms with van der Waals surface area (Å²) in [5.74, 6) is 0.857. The number of methoxy groups -OCH3 is 1. The summed E-state index contributed by atoms with van der Waals surface area (Å²) in [5, 5.41) is 1.16. The maximum atomic E-state index is 5.29. The Kier molecular flexibility index (Phi) is 2.92. The van der Waals surface area contributed by atoms with E-state index in [1.54, 1.807) is 7.11 Å². The van der Waals surface area contributed by atoms with Crippen molar-refractivity contribution in [3.8, 4) is 17.0 Å². The van der Waals surface area contributed by atoms with Crippen LogP contribution in [0.3, 0.4) is 0 Å². The van der Waals surface area contributed by atoms with Crippen LogP contribution in [-0.4, -0.2) is 12.1 Å². The number of hydrogen-bond donors (Lipinski definition) is 0. The molecule has 2 aromatic carbocycles.